The van der Waals surface area contributed by atoms with Crippen molar-refractivity contribution in [2.75, 3.05) is 6.54 Å². The molecule has 2 atom stereocenters. The van der Waals surface area contributed by atoms with Crippen LogP contribution in [0.1, 0.15) is 77.0 Å². The van der Waals surface area contributed by atoms with Crippen LogP contribution in [0.2, 0.25) is 0 Å². The summed E-state index contributed by atoms with van der Waals surface area (Å²) in [4.78, 5) is 41.3. The molecule has 2 saturated carbocycles. The Morgan fingerprint density at radius 1 is 0.815 bits per heavy atom. The summed E-state index contributed by atoms with van der Waals surface area (Å²) in [5, 5.41) is 6.13. The number of amides is 5. The van der Waals surface area contributed by atoms with E-state index in [1.54, 1.807) is 4.90 Å². The van der Waals surface area contributed by atoms with E-state index in [1.165, 1.54) is 30.6 Å². The maximum absolute atomic E-state index is 12.9. The Balaban J connectivity index is 1.32. The predicted molar refractivity (Wildman–Crippen MR) is 101 cm³/mol. The summed E-state index contributed by atoms with van der Waals surface area (Å²) in [6.45, 7) is 0.548. The highest BCUT2D eigenvalue weighted by Gasteiger charge is 2.50. The van der Waals surface area contributed by atoms with E-state index in [0.717, 1.165) is 38.5 Å². The second-order valence-electron chi connectivity index (χ2n) is 8.67. The van der Waals surface area contributed by atoms with Gasteiger partial charge >= 0.3 is 12.1 Å². The monoisotopic (exact) mass is 376 g/mol. The summed E-state index contributed by atoms with van der Waals surface area (Å²) >= 11 is 0. The summed E-state index contributed by atoms with van der Waals surface area (Å²) < 4.78 is 0. The van der Waals surface area contributed by atoms with Crippen LogP contribution in [0, 0.1) is 0 Å². The first-order chi connectivity index (χ1) is 13.1. The highest BCUT2D eigenvalue weighted by Crippen LogP contribution is 2.32. The standard InChI is InChI=1S/C20H32N4O3/c25-18-17-13-15(22-19(26)21-14-7-3-1-4-8-14)11-12-23(17)20(27)24(18)16-9-5-2-6-10-16/h14-17H,1-13H2,(H2,21,22,26). The lowest BCUT2D eigenvalue weighted by Crippen LogP contribution is -2.53. The summed E-state index contributed by atoms with van der Waals surface area (Å²) in [5.41, 5.74) is 0. The molecule has 2 saturated heterocycles. The maximum atomic E-state index is 12.9. The summed E-state index contributed by atoms with van der Waals surface area (Å²) in [6.07, 6.45) is 12.2. The van der Waals surface area contributed by atoms with E-state index < -0.39 is 6.04 Å². The lowest BCUT2D eigenvalue weighted by atomic mass is 9.93. The van der Waals surface area contributed by atoms with E-state index in [0.29, 0.717) is 19.4 Å². The van der Waals surface area contributed by atoms with Gasteiger partial charge in [0.05, 0.1) is 0 Å². The van der Waals surface area contributed by atoms with Crippen molar-refractivity contribution in [3.8, 4) is 0 Å². The minimum absolute atomic E-state index is 0.0436. The molecule has 2 N–H and O–H groups in total. The van der Waals surface area contributed by atoms with Crippen molar-refractivity contribution < 1.29 is 14.4 Å². The van der Waals surface area contributed by atoms with Crippen molar-refractivity contribution in [1.29, 1.82) is 0 Å². The van der Waals surface area contributed by atoms with E-state index in [4.69, 9.17) is 0 Å². The van der Waals surface area contributed by atoms with Crippen LogP contribution >= 0.6 is 0 Å². The molecule has 0 spiro atoms. The van der Waals surface area contributed by atoms with Gasteiger partial charge in [-0.15, -0.1) is 0 Å². The third-order valence-electron chi connectivity index (χ3n) is 6.79. The highest BCUT2D eigenvalue weighted by molar-refractivity contribution is 6.04. The lowest BCUT2D eigenvalue weighted by Gasteiger charge is -2.33. The molecular weight excluding hydrogens is 344 g/mol. The molecule has 0 aromatic rings. The second-order valence-corrected chi connectivity index (χ2v) is 8.67. The SMILES string of the molecule is O=C(NC1CCCCC1)NC1CCN2C(=O)N(C3CCCCC3)C(=O)C2C1. The zero-order valence-electron chi connectivity index (χ0n) is 16.1. The molecule has 150 valence electrons. The van der Waals surface area contributed by atoms with Gasteiger partial charge in [0.15, 0.2) is 0 Å². The van der Waals surface area contributed by atoms with Gasteiger partial charge in [0.25, 0.3) is 5.91 Å². The molecule has 7 nitrogen and oxygen atoms in total. The second kappa shape index (κ2) is 8.07. The first-order valence-corrected chi connectivity index (χ1v) is 10.8. The number of carbonyl (C=O) groups is 3. The Morgan fingerprint density at radius 2 is 1.44 bits per heavy atom. The minimum atomic E-state index is -0.395. The summed E-state index contributed by atoms with van der Waals surface area (Å²) in [7, 11) is 0. The molecule has 4 aliphatic rings. The number of urea groups is 2. The average Bonchev–Trinajstić information content (AvgIpc) is 2.93. The number of fused-ring (bicyclic) bond motifs is 1. The quantitative estimate of drug-likeness (QED) is 0.743. The third-order valence-corrected chi connectivity index (χ3v) is 6.79. The predicted octanol–water partition coefficient (Wildman–Crippen LogP) is 2.75. The average molecular weight is 377 g/mol. The molecule has 2 heterocycles. The fourth-order valence-corrected chi connectivity index (χ4v) is 5.29. The molecular formula is C20H32N4O3. The van der Waals surface area contributed by atoms with Gasteiger partial charge in [-0.2, -0.15) is 0 Å². The van der Waals surface area contributed by atoms with E-state index in [1.807, 2.05) is 0 Å². The fraction of sp³-hybridized carbons (Fsp3) is 0.850. The van der Waals surface area contributed by atoms with Gasteiger partial charge in [0, 0.05) is 24.7 Å². The van der Waals surface area contributed by atoms with E-state index >= 15 is 0 Å². The Bertz CT molecular complexity index is 584. The van der Waals surface area contributed by atoms with Crippen LogP contribution < -0.4 is 10.6 Å². The topological polar surface area (TPSA) is 81.8 Å². The van der Waals surface area contributed by atoms with Crippen LogP contribution in [0.5, 0.6) is 0 Å². The molecule has 2 aliphatic carbocycles. The van der Waals surface area contributed by atoms with Crippen molar-refractivity contribution in [3.05, 3.63) is 0 Å². The van der Waals surface area contributed by atoms with E-state index in [-0.39, 0.29) is 36.1 Å². The molecule has 2 aliphatic heterocycles. The third kappa shape index (κ3) is 3.92. The van der Waals surface area contributed by atoms with E-state index in [2.05, 4.69) is 10.6 Å². The van der Waals surface area contributed by atoms with Gasteiger partial charge < -0.3 is 15.5 Å². The molecule has 5 amide bonds. The molecule has 0 radical (unpaired) electrons. The van der Waals surface area contributed by atoms with Gasteiger partial charge in [0.1, 0.15) is 6.04 Å². The van der Waals surface area contributed by atoms with Crippen molar-refractivity contribution in [3.63, 3.8) is 0 Å². The number of nitrogens with one attached hydrogen (secondary N) is 2. The van der Waals surface area contributed by atoms with Crippen LogP contribution in [0.4, 0.5) is 9.59 Å². The first kappa shape index (κ1) is 18.6. The lowest BCUT2D eigenvalue weighted by molar-refractivity contribution is -0.130. The Morgan fingerprint density at radius 3 is 2.15 bits per heavy atom. The molecule has 4 rings (SSSR count). The highest BCUT2D eigenvalue weighted by atomic mass is 16.2. The van der Waals surface area contributed by atoms with Gasteiger partial charge in [-0.3, -0.25) is 9.69 Å². The van der Waals surface area contributed by atoms with Gasteiger partial charge in [-0.05, 0) is 38.5 Å². The molecule has 0 bridgehead atoms. The normalized spacial score (nSPS) is 30.4. The van der Waals surface area contributed by atoms with Crippen LogP contribution in [0.25, 0.3) is 0 Å². The fourth-order valence-electron chi connectivity index (χ4n) is 5.29. The minimum Gasteiger partial charge on any atom is -0.335 e. The number of nitrogens with zero attached hydrogens (tertiary/aromatic N) is 2. The van der Waals surface area contributed by atoms with Crippen molar-refractivity contribution in [2.24, 2.45) is 0 Å². The molecule has 27 heavy (non-hydrogen) atoms. The van der Waals surface area contributed by atoms with Crippen LogP contribution in [0.3, 0.4) is 0 Å². The van der Waals surface area contributed by atoms with Crippen LogP contribution in [-0.2, 0) is 4.79 Å². The summed E-state index contributed by atoms with van der Waals surface area (Å²) in [5.74, 6) is -0.0499. The van der Waals surface area contributed by atoms with Gasteiger partial charge in [0.2, 0.25) is 0 Å². The number of hydrogen-bond acceptors (Lipinski definition) is 3. The first-order valence-electron chi connectivity index (χ1n) is 10.8. The van der Waals surface area contributed by atoms with E-state index in [9.17, 15) is 14.4 Å². The van der Waals surface area contributed by atoms with Crippen molar-refractivity contribution >= 4 is 18.0 Å². The van der Waals surface area contributed by atoms with Gasteiger partial charge in [-0.1, -0.05) is 38.5 Å². The zero-order chi connectivity index (χ0) is 18.8. The number of rotatable bonds is 3. The maximum Gasteiger partial charge on any atom is 0.327 e. The Hall–Kier alpha value is -1.79. The number of imide groups is 1. The smallest absolute Gasteiger partial charge is 0.327 e. The molecule has 0 aromatic heterocycles. The van der Waals surface area contributed by atoms with Crippen molar-refractivity contribution in [1.82, 2.24) is 20.4 Å². The zero-order valence-corrected chi connectivity index (χ0v) is 16.1. The van der Waals surface area contributed by atoms with Crippen molar-refractivity contribution in [2.45, 2.75) is 101 Å². The van der Waals surface area contributed by atoms with Crippen LogP contribution in [0.15, 0.2) is 0 Å². The largest absolute Gasteiger partial charge is 0.335 e. The summed E-state index contributed by atoms with van der Waals surface area (Å²) in [6, 6.07) is -0.324. The Labute approximate surface area is 161 Å². The van der Waals surface area contributed by atoms with Crippen LogP contribution in [-0.4, -0.2) is 58.5 Å². The molecule has 4 fully saturated rings. The van der Waals surface area contributed by atoms with Gasteiger partial charge in [-0.25, -0.2) is 9.59 Å². The number of hydrogen-bond donors (Lipinski definition) is 2. The molecule has 2 unspecified atom stereocenters. The number of piperidine rings is 1. The number of carbonyl (C=O) groups excluding carboxylic acids is 3. The molecule has 0 aromatic carbocycles. The Kier molecular flexibility index (Phi) is 5.55. The molecule has 7 heteroatoms.